The molecule has 84 valence electrons. The van der Waals surface area contributed by atoms with Gasteiger partial charge in [0.05, 0.1) is 4.83 Å². The molecule has 2 atom stereocenters. The van der Waals surface area contributed by atoms with E-state index in [-0.39, 0.29) is 13.2 Å². The summed E-state index contributed by atoms with van der Waals surface area (Å²) in [5.74, 6) is -0.933. The van der Waals surface area contributed by atoms with Crippen LogP contribution in [-0.2, 0) is 4.79 Å². The second kappa shape index (κ2) is 5.72. The Bertz CT molecular complexity index is 326. The molecule has 1 rings (SSSR count). The molecule has 0 heterocycles. The molecular weight excluding hydrogens is 262 g/mol. The van der Waals surface area contributed by atoms with Crippen molar-refractivity contribution in [2.24, 2.45) is 5.73 Å². The summed E-state index contributed by atoms with van der Waals surface area (Å²) in [6, 6.07) is 5.21. The molecule has 1 unspecified atom stereocenters. The lowest BCUT2D eigenvalue weighted by atomic mass is 10.1. The largest absolute Gasteiger partial charge is 0.508 e. The van der Waals surface area contributed by atoms with Crippen LogP contribution in [0.3, 0.4) is 0 Å². The first-order valence-electron chi connectivity index (χ1n) is 3.93. The van der Waals surface area contributed by atoms with E-state index >= 15 is 0 Å². The van der Waals surface area contributed by atoms with Gasteiger partial charge < -0.3 is 15.9 Å². The Morgan fingerprint density at radius 2 is 1.80 bits per heavy atom. The molecule has 0 spiro atoms. The number of aromatic hydroxyl groups is 1. The number of carboxylic acids is 1. The van der Waals surface area contributed by atoms with Crippen LogP contribution in [0.4, 0.5) is 0 Å². The third-order valence-corrected chi connectivity index (χ3v) is 2.91. The van der Waals surface area contributed by atoms with Gasteiger partial charge in [0.25, 0.3) is 0 Å². The van der Waals surface area contributed by atoms with Crippen molar-refractivity contribution in [2.75, 3.05) is 0 Å². The van der Waals surface area contributed by atoms with Crippen molar-refractivity contribution in [3.05, 3.63) is 29.8 Å². The van der Waals surface area contributed by atoms with E-state index in [2.05, 4.69) is 15.9 Å². The molecule has 0 aromatic heterocycles. The third kappa shape index (κ3) is 3.53. The SMILES string of the molecule is C.N[C@H](C(=O)O)C(Br)c1ccc(O)cc1. The fraction of sp³-hybridized carbons (Fsp3) is 0.300. The zero-order chi connectivity index (χ0) is 10.7. The smallest absolute Gasteiger partial charge is 0.321 e. The minimum Gasteiger partial charge on any atom is -0.508 e. The number of nitrogens with two attached hydrogens (primary N) is 1. The van der Waals surface area contributed by atoms with Crippen molar-refractivity contribution in [3.63, 3.8) is 0 Å². The number of hydrogen-bond acceptors (Lipinski definition) is 3. The number of carbonyl (C=O) groups is 1. The quantitative estimate of drug-likeness (QED) is 0.736. The third-order valence-electron chi connectivity index (χ3n) is 1.81. The maximum atomic E-state index is 10.6. The number of halogens is 1. The maximum Gasteiger partial charge on any atom is 0.321 e. The molecule has 4 N–H and O–H groups in total. The van der Waals surface area contributed by atoms with E-state index < -0.39 is 16.8 Å². The first kappa shape index (κ1) is 13.9. The molecular formula is C10H14BrNO3. The highest BCUT2D eigenvalue weighted by Gasteiger charge is 2.22. The summed E-state index contributed by atoms with van der Waals surface area (Å²) in [7, 11) is 0. The van der Waals surface area contributed by atoms with Crippen molar-refractivity contribution >= 4 is 21.9 Å². The van der Waals surface area contributed by atoms with Crippen LogP contribution in [-0.4, -0.2) is 22.2 Å². The Morgan fingerprint density at radius 1 is 1.33 bits per heavy atom. The molecule has 0 saturated heterocycles. The lowest BCUT2D eigenvalue weighted by molar-refractivity contribution is -0.138. The van der Waals surface area contributed by atoms with Crippen LogP contribution in [0.2, 0.25) is 0 Å². The summed E-state index contributed by atoms with van der Waals surface area (Å²) < 4.78 is 0. The van der Waals surface area contributed by atoms with Crippen molar-refractivity contribution in [1.82, 2.24) is 0 Å². The molecule has 1 aromatic carbocycles. The van der Waals surface area contributed by atoms with Gasteiger partial charge in [0.2, 0.25) is 0 Å². The van der Waals surface area contributed by atoms with Gasteiger partial charge in [-0.05, 0) is 17.7 Å². The van der Waals surface area contributed by atoms with E-state index in [9.17, 15) is 4.79 Å². The first-order valence-corrected chi connectivity index (χ1v) is 4.85. The standard InChI is InChI=1S/C9H10BrNO3.CH4/c10-7(8(11)9(13)14)5-1-3-6(12)4-2-5;/h1-4,7-8,12H,11H2,(H,13,14);1H4/t7?,8-;/m0./s1. The summed E-state index contributed by atoms with van der Waals surface area (Å²) in [4.78, 5) is 10.1. The topological polar surface area (TPSA) is 83.6 Å². The molecule has 0 saturated carbocycles. The average Bonchev–Trinajstić information content (AvgIpc) is 2.16. The number of benzene rings is 1. The van der Waals surface area contributed by atoms with Gasteiger partial charge in [-0.3, -0.25) is 4.79 Å². The number of hydrogen-bond donors (Lipinski definition) is 3. The summed E-state index contributed by atoms with van der Waals surface area (Å²) in [6.45, 7) is 0. The van der Waals surface area contributed by atoms with E-state index in [0.29, 0.717) is 0 Å². The number of alkyl halides is 1. The molecule has 0 aliphatic carbocycles. The van der Waals surface area contributed by atoms with Crippen LogP contribution in [0.15, 0.2) is 24.3 Å². The predicted octanol–water partition coefficient (Wildman–Crippen LogP) is 1.88. The average molecular weight is 276 g/mol. The molecule has 0 amide bonds. The van der Waals surface area contributed by atoms with Crippen LogP contribution in [0, 0.1) is 0 Å². The van der Waals surface area contributed by atoms with E-state index in [0.717, 1.165) is 5.56 Å². The molecule has 5 heteroatoms. The van der Waals surface area contributed by atoms with Gasteiger partial charge in [-0.25, -0.2) is 0 Å². The van der Waals surface area contributed by atoms with Gasteiger partial charge >= 0.3 is 5.97 Å². The Hall–Kier alpha value is -1.07. The highest BCUT2D eigenvalue weighted by molar-refractivity contribution is 9.09. The molecule has 0 bridgehead atoms. The Labute approximate surface area is 96.9 Å². The van der Waals surface area contributed by atoms with Crippen molar-refractivity contribution in [1.29, 1.82) is 0 Å². The normalized spacial score (nSPS) is 13.7. The second-order valence-electron chi connectivity index (χ2n) is 2.86. The van der Waals surface area contributed by atoms with Crippen molar-refractivity contribution in [3.8, 4) is 5.75 Å². The Kier molecular flexibility index (Phi) is 5.32. The van der Waals surface area contributed by atoms with Gasteiger partial charge in [-0.2, -0.15) is 0 Å². The fourth-order valence-corrected chi connectivity index (χ4v) is 1.52. The summed E-state index contributed by atoms with van der Waals surface area (Å²) in [5.41, 5.74) is 6.14. The van der Waals surface area contributed by atoms with Crippen LogP contribution < -0.4 is 5.73 Å². The minimum absolute atomic E-state index is 0. The van der Waals surface area contributed by atoms with E-state index in [4.69, 9.17) is 15.9 Å². The molecule has 0 radical (unpaired) electrons. The Balaban J connectivity index is 0.00000196. The molecule has 1 aromatic rings. The summed E-state index contributed by atoms with van der Waals surface area (Å²) in [5, 5.41) is 17.7. The second-order valence-corrected chi connectivity index (χ2v) is 3.84. The maximum absolute atomic E-state index is 10.6. The zero-order valence-corrected chi connectivity index (χ0v) is 8.81. The number of carboxylic acid groups (broad SMARTS) is 1. The van der Waals surface area contributed by atoms with Gasteiger partial charge in [0.1, 0.15) is 11.8 Å². The van der Waals surface area contributed by atoms with Gasteiger partial charge in [-0.1, -0.05) is 35.5 Å². The molecule has 0 aliphatic heterocycles. The van der Waals surface area contributed by atoms with Gasteiger partial charge in [0.15, 0.2) is 0 Å². The highest BCUT2D eigenvalue weighted by Crippen LogP contribution is 2.26. The van der Waals surface area contributed by atoms with E-state index in [1.165, 1.54) is 12.1 Å². The lowest BCUT2D eigenvalue weighted by Crippen LogP contribution is -2.33. The van der Waals surface area contributed by atoms with Crippen LogP contribution in [0.1, 0.15) is 17.8 Å². The van der Waals surface area contributed by atoms with Crippen LogP contribution >= 0.6 is 15.9 Å². The molecule has 15 heavy (non-hydrogen) atoms. The molecule has 0 fully saturated rings. The predicted molar refractivity (Wildman–Crippen MR) is 62.1 cm³/mol. The van der Waals surface area contributed by atoms with E-state index in [1.807, 2.05) is 0 Å². The molecule has 0 aliphatic rings. The fourth-order valence-electron chi connectivity index (χ4n) is 0.991. The van der Waals surface area contributed by atoms with Crippen LogP contribution in [0.5, 0.6) is 5.75 Å². The number of rotatable bonds is 3. The minimum atomic E-state index is -1.07. The van der Waals surface area contributed by atoms with Crippen LogP contribution in [0.25, 0.3) is 0 Å². The zero-order valence-electron chi connectivity index (χ0n) is 7.22. The lowest BCUT2D eigenvalue weighted by Gasteiger charge is -2.14. The monoisotopic (exact) mass is 275 g/mol. The Morgan fingerprint density at radius 3 is 2.20 bits per heavy atom. The molecule has 4 nitrogen and oxygen atoms in total. The van der Waals surface area contributed by atoms with Crippen molar-refractivity contribution in [2.45, 2.75) is 18.3 Å². The number of aliphatic carboxylic acids is 1. The number of phenolic OH excluding ortho intramolecular Hbond substituents is 1. The number of phenols is 1. The van der Waals surface area contributed by atoms with Crippen molar-refractivity contribution < 1.29 is 15.0 Å². The van der Waals surface area contributed by atoms with Gasteiger partial charge in [0, 0.05) is 0 Å². The highest BCUT2D eigenvalue weighted by atomic mass is 79.9. The van der Waals surface area contributed by atoms with E-state index in [1.54, 1.807) is 12.1 Å². The summed E-state index contributed by atoms with van der Waals surface area (Å²) >= 11 is 3.19. The van der Waals surface area contributed by atoms with Gasteiger partial charge in [-0.15, -0.1) is 0 Å². The first-order chi connectivity index (χ1) is 6.52. The summed E-state index contributed by atoms with van der Waals surface area (Å²) in [6.07, 6.45) is 0.